The van der Waals surface area contributed by atoms with Crippen molar-refractivity contribution in [2.75, 3.05) is 18.2 Å². The Hall–Kier alpha value is -3.00. The number of ether oxygens (including phenoxy) is 1. The molecule has 0 spiro atoms. The van der Waals surface area contributed by atoms with E-state index >= 15 is 0 Å². The molecule has 0 aliphatic heterocycles. The number of hydrogen-bond donors (Lipinski definition) is 2. The van der Waals surface area contributed by atoms with Crippen molar-refractivity contribution in [3.05, 3.63) is 59.2 Å². The number of nitrogens with one attached hydrogen (secondary N) is 1. The molecule has 21 heavy (non-hydrogen) atoms. The first kappa shape index (κ1) is 14.4. The minimum Gasteiger partial charge on any atom is -0.465 e. The van der Waals surface area contributed by atoms with E-state index in [2.05, 4.69) is 16.1 Å². The van der Waals surface area contributed by atoms with Crippen molar-refractivity contribution in [2.24, 2.45) is 0 Å². The van der Waals surface area contributed by atoms with Crippen molar-refractivity contribution < 1.29 is 9.53 Å². The highest BCUT2D eigenvalue weighted by Gasteiger charge is 2.08. The smallest absolute Gasteiger partial charge is 0.337 e. The quantitative estimate of drug-likeness (QED) is 0.664. The van der Waals surface area contributed by atoms with Crippen LogP contribution in [0.4, 0.5) is 11.4 Å². The number of rotatable bonds is 4. The lowest BCUT2D eigenvalue weighted by Gasteiger charge is -2.10. The number of benzene rings is 2. The second-order valence-electron chi connectivity index (χ2n) is 4.46. The van der Waals surface area contributed by atoms with Gasteiger partial charge in [0.15, 0.2) is 0 Å². The average molecular weight is 281 g/mol. The molecule has 5 heteroatoms. The van der Waals surface area contributed by atoms with Crippen LogP contribution in [0.1, 0.15) is 21.5 Å². The molecule has 0 fully saturated rings. The standard InChI is InChI=1S/C16H15N3O2/c1-21-16(20)13-5-6-15(14(18)8-13)19-10-12-4-2-3-11(7-12)9-17/h2-8,19H,10,18H2,1H3. The van der Waals surface area contributed by atoms with Gasteiger partial charge in [0.2, 0.25) is 0 Å². The van der Waals surface area contributed by atoms with E-state index < -0.39 is 5.97 Å². The fourth-order valence-corrected chi connectivity index (χ4v) is 1.92. The zero-order chi connectivity index (χ0) is 15.2. The van der Waals surface area contributed by atoms with E-state index in [0.717, 1.165) is 11.3 Å². The van der Waals surface area contributed by atoms with Crippen LogP contribution in [0.25, 0.3) is 0 Å². The summed E-state index contributed by atoms with van der Waals surface area (Å²) in [5.41, 5.74) is 9.11. The van der Waals surface area contributed by atoms with Gasteiger partial charge in [-0.3, -0.25) is 0 Å². The summed E-state index contributed by atoms with van der Waals surface area (Å²) in [6, 6.07) is 14.4. The van der Waals surface area contributed by atoms with Crippen molar-refractivity contribution >= 4 is 17.3 Å². The third kappa shape index (κ3) is 3.51. The first-order valence-electron chi connectivity index (χ1n) is 6.35. The third-order valence-corrected chi connectivity index (χ3v) is 3.01. The van der Waals surface area contributed by atoms with Crippen molar-refractivity contribution in [1.82, 2.24) is 0 Å². The summed E-state index contributed by atoms with van der Waals surface area (Å²) in [6.45, 7) is 0.539. The second kappa shape index (κ2) is 6.44. The van der Waals surface area contributed by atoms with Crippen LogP contribution in [-0.2, 0) is 11.3 Å². The molecule has 0 unspecified atom stereocenters. The van der Waals surface area contributed by atoms with Gasteiger partial charge in [-0.05, 0) is 35.9 Å². The zero-order valence-corrected chi connectivity index (χ0v) is 11.6. The van der Waals surface area contributed by atoms with Crippen molar-refractivity contribution in [1.29, 1.82) is 5.26 Å². The molecule has 2 rings (SSSR count). The Morgan fingerprint density at radius 1 is 1.33 bits per heavy atom. The largest absolute Gasteiger partial charge is 0.465 e. The first-order chi connectivity index (χ1) is 10.1. The maximum atomic E-state index is 11.4. The minimum atomic E-state index is -0.421. The fourth-order valence-electron chi connectivity index (χ4n) is 1.92. The van der Waals surface area contributed by atoms with Crippen LogP contribution in [0.5, 0.6) is 0 Å². The van der Waals surface area contributed by atoms with Gasteiger partial charge in [-0.25, -0.2) is 4.79 Å². The van der Waals surface area contributed by atoms with Crippen molar-refractivity contribution in [2.45, 2.75) is 6.54 Å². The average Bonchev–Trinajstić information content (AvgIpc) is 2.53. The molecule has 0 saturated carbocycles. The SMILES string of the molecule is COC(=O)c1ccc(NCc2cccc(C#N)c2)c(N)c1. The molecule has 0 saturated heterocycles. The molecule has 0 bridgehead atoms. The van der Waals surface area contributed by atoms with Gasteiger partial charge in [0.05, 0.1) is 35.7 Å². The Morgan fingerprint density at radius 2 is 2.14 bits per heavy atom. The highest BCUT2D eigenvalue weighted by atomic mass is 16.5. The lowest BCUT2D eigenvalue weighted by molar-refractivity contribution is 0.0601. The highest BCUT2D eigenvalue weighted by molar-refractivity contribution is 5.91. The topological polar surface area (TPSA) is 88.1 Å². The Morgan fingerprint density at radius 3 is 2.81 bits per heavy atom. The molecular formula is C16H15N3O2. The van der Waals surface area contributed by atoms with Crippen LogP contribution in [0, 0.1) is 11.3 Å². The summed E-state index contributed by atoms with van der Waals surface area (Å²) in [6.07, 6.45) is 0. The van der Waals surface area contributed by atoms with Crippen LogP contribution in [0.3, 0.4) is 0 Å². The number of nitrogens with zero attached hydrogens (tertiary/aromatic N) is 1. The number of carbonyl (C=O) groups excluding carboxylic acids is 1. The maximum absolute atomic E-state index is 11.4. The van der Waals surface area contributed by atoms with Crippen molar-refractivity contribution in [3.63, 3.8) is 0 Å². The Labute approximate surface area is 123 Å². The molecule has 3 N–H and O–H groups in total. The summed E-state index contributed by atoms with van der Waals surface area (Å²) in [5.74, 6) is -0.421. The number of nitriles is 1. The highest BCUT2D eigenvalue weighted by Crippen LogP contribution is 2.21. The maximum Gasteiger partial charge on any atom is 0.337 e. The van der Waals surface area contributed by atoms with Crippen LogP contribution in [-0.4, -0.2) is 13.1 Å². The third-order valence-electron chi connectivity index (χ3n) is 3.01. The summed E-state index contributed by atoms with van der Waals surface area (Å²) < 4.78 is 4.64. The zero-order valence-electron chi connectivity index (χ0n) is 11.6. The number of nitrogens with two attached hydrogens (primary N) is 1. The number of anilines is 2. The molecule has 5 nitrogen and oxygen atoms in total. The van der Waals surface area contributed by atoms with Gasteiger partial charge < -0.3 is 15.8 Å². The van der Waals surface area contributed by atoms with Crippen molar-refractivity contribution in [3.8, 4) is 6.07 Å². The number of hydrogen-bond acceptors (Lipinski definition) is 5. The van der Waals surface area contributed by atoms with E-state index in [4.69, 9.17) is 11.0 Å². The number of esters is 1. The van der Waals surface area contributed by atoms with Crippen LogP contribution >= 0.6 is 0 Å². The molecule has 0 aromatic heterocycles. The van der Waals surface area contributed by atoms with E-state index in [1.54, 1.807) is 24.3 Å². The molecule has 106 valence electrons. The van der Waals surface area contributed by atoms with E-state index in [1.165, 1.54) is 7.11 Å². The van der Waals surface area contributed by atoms with Gasteiger partial charge in [0.25, 0.3) is 0 Å². The summed E-state index contributed by atoms with van der Waals surface area (Å²) >= 11 is 0. The second-order valence-corrected chi connectivity index (χ2v) is 4.46. The Bertz CT molecular complexity index is 705. The summed E-state index contributed by atoms with van der Waals surface area (Å²) in [5, 5.41) is 12.0. The summed E-state index contributed by atoms with van der Waals surface area (Å²) in [4.78, 5) is 11.4. The number of nitrogen functional groups attached to an aromatic ring is 1. The predicted molar refractivity (Wildman–Crippen MR) is 80.7 cm³/mol. The monoisotopic (exact) mass is 281 g/mol. The minimum absolute atomic E-state index is 0.409. The molecule has 0 amide bonds. The lowest BCUT2D eigenvalue weighted by atomic mass is 10.1. The molecule has 2 aromatic carbocycles. The molecule has 2 aromatic rings. The van der Waals surface area contributed by atoms with Gasteiger partial charge in [-0.2, -0.15) is 5.26 Å². The van der Waals surface area contributed by atoms with Gasteiger partial charge in [-0.15, -0.1) is 0 Å². The Kier molecular flexibility index (Phi) is 4.42. The molecule has 0 atom stereocenters. The van der Waals surface area contributed by atoms with Crippen LogP contribution in [0.15, 0.2) is 42.5 Å². The first-order valence-corrected chi connectivity index (χ1v) is 6.35. The van der Waals surface area contributed by atoms with E-state index in [0.29, 0.717) is 23.4 Å². The number of methoxy groups -OCH3 is 1. The van der Waals surface area contributed by atoms with Crippen LogP contribution < -0.4 is 11.1 Å². The number of carbonyl (C=O) groups is 1. The van der Waals surface area contributed by atoms with Crippen LogP contribution in [0.2, 0.25) is 0 Å². The lowest BCUT2D eigenvalue weighted by Crippen LogP contribution is -2.06. The molecule has 0 aliphatic carbocycles. The van der Waals surface area contributed by atoms with Gasteiger partial charge in [-0.1, -0.05) is 12.1 Å². The van der Waals surface area contributed by atoms with Gasteiger partial charge in [0, 0.05) is 6.54 Å². The predicted octanol–water partition coefficient (Wildman–Crippen LogP) is 2.54. The van der Waals surface area contributed by atoms with Gasteiger partial charge in [0.1, 0.15) is 0 Å². The molecule has 0 aliphatic rings. The normalized spacial score (nSPS) is 9.71. The fraction of sp³-hybridized carbons (Fsp3) is 0.125. The molecule has 0 heterocycles. The van der Waals surface area contributed by atoms with E-state index in [9.17, 15) is 4.79 Å². The van der Waals surface area contributed by atoms with E-state index in [1.807, 2.05) is 18.2 Å². The van der Waals surface area contributed by atoms with Gasteiger partial charge >= 0.3 is 5.97 Å². The Balaban J connectivity index is 2.10. The van der Waals surface area contributed by atoms with E-state index in [-0.39, 0.29) is 0 Å². The molecular weight excluding hydrogens is 266 g/mol. The molecule has 0 radical (unpaired) electrons. The summed E-state index contributed by atoms with van der Waals surface area (Å²) in [7, 11) is 1.33.